The van der Waals surface area contributed by atoms with Crippen molar-refractivity contribution in [1.29, 1.82) is 0 Å². The van der Waals surface area contributed by atoms with Crippen molar-refractivity contribution in [2.45, 2.75) is 38.1 Å². The van der Waals surface area contributed by atoms with Gasteiger partial charge in [0.25, 0.3) is 0 Å². The molecule has 2 fully saturated rings. The van der Waals surface area contributed by atoms with Gasteiger partial charge in [0.05, 0.1) is 0 Å². The Hall–Kier alpha value is 0.900. The molecule has 0 spiro atoms. The second-order valence-corrected chi connectivity index (χ2v) is 4.85. The molecule has 94 valence electrons. The van der Waals surface area contributed by atoms with Gasteiger partial charge in [0.1, 0.15) is 0 Å². The van der Waals surface area contributed by atoms with Gasteiger partial charge in [0.15, 0.2) is 5.41 Å². The van der Waals surface area contributed by atoms with Gasteiger partial charge >= 0.3 is 71.1 Å². The van der Waals surface area contributed by atoms with Gasteiger partial charge in [-0.3, -0.25) is 9.59 Å². The first kappa shape index (κ1) is 18.9. The Balaban J connectivity index is 0.00000144. The average molecular weight is 275 g/mol. The van der Waals surface area contributed by atoms with Crippen LogP contribution in [-0.4, -0.2) is 105 Å². The second-order valence-electron chi connectivity index (χ2n) is 4.85. The molecule has 2 aliphatic rings. The Bertz CT molecular complexity index is 296. The molecule has 1 saturated carbocycles. The number of hydrogen-bond donors (Lipinski definition) is 2. The first-order chi connectivity index (χ1) is 7.56. The van der Waals surface area contributed by atoms with Crippen LogP contribution < -0.4 is 0 Å². The van der Waals surface area contributed by atoms with Crippen molar-refractivity contribution in [2.24, 2.45) is 5.41 Å². The maximum absolute atomic E-state index is 11.0. The number of carbonyl (C=O) groups is 2. The second kappa shape index (κ2) is 7.62. The van der Waals surface area contributed by atoms with E-state index in [2.05, 4.69) is 4.90 Å². The van der Waals surface area contributed by atoms with Crippen LogP contribution >= 0.6 is 0 Å². The maximum atomic E-state index is 11.0. The van der Waals surface area contributed by atoms with Crippen molar-refractivity contribution >= 4 is 71.1 Å². The van der Waals surface area contributed by atoms with Gasteiger partial charge in [-0.2, -0.15) is 0 Å². The molecule has 2 rings (SSSR count). The van der Waals surface area contributed by atoms with Gasteiger partial charge in [0, 0.05) is 6.04 Å². The Morgan fingerprint density at radius 2 is 1.39 bits per heavy atom. The summed E-state index contributed by atoms with van der Waals surface area (Å²) < 4.78 is 0. The molecule has 0 amide bonds. The van der Waals surface area contributed by atoms with Crippen LogP contribution in [0.25, 0.3) is 0 Å². The molecule has 7 heteroatoms. The fourth-order valence-electron chi connectivity index (χ4n) is 2.73. The van der Waals surface area contributed by atoms with Crippen LogP contribution in [0, 0.1) is 5.41 Å². The Kier molecular flexibility index (Phi) is 8.00. The molecule has 1 saturated heterocycles. The molecular weight excluding hydrogens is 256 g/mol. The Labute approximate surface area is 151 Å². The molecule has 0 aromatic rings. The molecule has 0 aromatic heterocycles. The fourth-order valence-corrected chi connectivity index (χ4v) is 2.73. The normalized spacial score (nSPS) is 23.1. The third-order valence-corrected chi connectivity index (χ3v) is 3.89. The van der Waals surface area contributed by atoms with Gasteiger partial charge in [-0.05, 0) is 38.8 Å². The summed E-state index contributed by atoms with van der Waals surface area (Å²) in [6.07, 6.45) is 4.04. The van der Waals surface area contributed by atoms with Gasteiger partial charge in [-0.1, -0.05) is 6.42 Å². The number of hydrogen-bond acceptors (Lipinski definition) is 3. The van der Waals surface area contributed by atoms with Gasteiger partial charge in [0.2, 0.25) is 0 Å². The Morgan fingerprint density at radius 3 is 1.78 bits per heavy atom. The molecule has 2 N–H and O–H groups in total. The number of carboxylic acid groups (broad SMARTS) is 2. The monoisotopic (exact) mass is 275 g/mol. The van der Waals surface area contributed by atoms with Crippen LogP contribution in [0.15, 0.2) is 0 Å². The number of likely N-dealkylation sites (tertiary alicyclic amines) is 1. The molecule has 0 radical (unpaired) electrons. The van der Waals surface area contributed by atoms with E-state index in [0.717, 1.165) is 25.9 Å². The van der Waals surface area contributed by atoms with E-state index in [4.69, 9.17) is 10.2 Å². The molecule has 0 bridgehead atoms. The molecular formula is C11H19NNa2O4. The first-order valence-corrected chi connectivity index (χ1v) is 5.77. The summed E-state index contributed by atoms with van der Waals surface area (Å²) in [6.45, 7) is 1.97. The van der Waals surface area contributed by atoms with Gasteiger partial charge in [-0.25, -0.2) is 0 Å². The molecule has 0 atom stereocenters. The fraction of sp³-hybridized carbons (Fsp3) is 0.818. The summed E-state index contributed by atoms with van der Waals surface area (Å²) in [7, 11) is 0. The summed E-state index contributed by atoms with van der Waals surface area (Å²) >= 11 is 0. The summed E-state index contributed by atoms with van der Waals surface area (Å²) in [5, 5.41) is 17.9. The molecule has 1 aliphatic carbocycles. The minimum atomic E-state index is -1.51. The van der Waals surface area contributed by atoms with Gasteiger partial charge < -0.3 is 15.1 Å². The number of rotatable bonds is 3. The van der Waals surface area contributed by atoms with Crippen molar-refractivity contribution in [3.05, 3.63) is 0 Å². The van der Waals surface area contributed by atoms with Crippen molar-refractivity contribution in [3.8, 4) is 0 Å². The van der Waals surface area contributed by atoms with Crippen LogP contribution in [0.2, 0.25) is 0 Å². The molecule has 1 aliphatic heterocycles. The van der Waals surface area contributed by atoms with E-state index < -0.39 is 17.4 Å². The predicted octanol–water partition coefficient (Wildman–Crippen LogP) is -0.507. The third kappa shape index (κ3) is 3.51. The topological polar surface area (TPSA) is 77.8 Å². The van der Waals surface area contributed by atoms with Crippen LogP contribution in [0.3, 0.4) is 0 Å². The van der Waals surface area contributed by atoms with Crippen molar-refractivity contribution in [3.63, 3.8) is 0 Å². The van der Waals surface area contributed by atoms with E-state index in [1.54, 1.807) is 0 Å². The molecule has 0 unspecified atom stereocenters. The predicted molar refractivity (Wildman–Crippen MR) is 70.4 cm³/mol. The van der Waals surface area contributed by atoms with Crippen LogP contribution in [0.1, 0.15) is 32.1 Å². The van der Waals surface area contributed by atoms with E-state index >= 15 is 0 Å². The SMILES string of the molecule is O=C(O)C1(C(=O)O)CC(N2CCCCC2)C1.[NaH].[NaH]. The summed E-state index contributed by atoms with van der Waals surface area (Å²) in [5.74, 6) is -2.37. The van der Waals surface area contributed by atoms with Crippen molar-refractivity contribution in [1.82, 2.24) is 4.90 Å². The van der Waals surface area contributed by atoms with Crippen LogP contribution in [0.5, 0.6) is 0 Å². The average Bonchev–Trinajstić information content (AvgIpc) is 2.16. The standard InChI is InChI=1S/C11H17NO4.2Na.2H/c13-9(14)11(10(15)16)6-8(7-11)12-4-2-1-3-5-12;;;;/h8H,1-7H2,(H,13,14)(H,15,16);;;;. The molecule has 18 heavy (non-hydrogen) atoms. The van der Waals surface area contributed by atoms with E-state index in [9.17, 15) is 9.59 Å². The summed E-state index contributed by atoms with van der Waals surface area (Å²) in [4.78, 5) is 24.2. The first-order valence-electron chi connectivity index (χ1n) is 5.77. The molecule has 1 heterocycles. The zero-order valence-electron chi connectivity index (χ0n) is 9.19. The molecule has 5 nitrogen and oxygen atoms in total. The van der Waals surface area contributed by atoms with Crippen molar-refractivity contribution in [2.75, 3.05) is 13.1 Å². The number of piperidine rings is 1. The Morgan fingerprint density at radius 1 is 0.944 bits per heavy atom. The van der Waals surface area contributed by atoms with E-state index in [0.29, 0.717) is 0 Å². The van der Waals surface area contributed by atoms with Crippen molar-refractivity contribution < 1.29 is 19.8 Å². The summed E-state index contributed by atoms with van der Waals surface area (Å²) in [6, 6.07) is 0.160. The summed E-state index contributed by atoms with van der Waals surface area (Å²) in [5.41, 5.74) is -1.51. The number of aliphatic carboxylic acids is 2. The van der Waals surface area contributed by atoms with E-state index in [-0.39, 0.29) is 78.0 Å². The number of carboxylic acids is 2. The third-order valence-electron chi connectivity index (χ3n) is 3.89. The van der Waals surface area contributed by atoms with Gasteiger partial charge in [-0.15, -0.1) is 0 Å². The quantitative estimate of drug-likeness (QED) is 0.536. The zero-order valence-corrected chi connectivity index (χ0v) is 9.19. The molecule has 0 aromatic carbocycles. The number of nitrogens with zero attached hydrogens (tertiary/aromatic N) is 1. The van der Waals surface area contributed by atoms with Crippen LogP contribution in [0.4, 0.5) is 0 Å². The van der Waals surface area contributed by atoms with E-state index in [1.165, 1.54) is 6.42 Å². The van der Waals surface area contributed by atoms with Crippen LogP contribution in [-0.2, 0) is 9.59 Å². The minimum absolute atomic E-state index is 0. The van der Waals surface area contributed by atoms with E-state index in [1.807, 2.05) is 0 Å². The zero-order chi connectivity index (χ0) is 11.8.